The number of hydrogen-bond donors (Lipinski definition) is 1. The van der Waals surface area contributed by atoms with Gasteiger partial charge in [0, 0.05) is 12.6 Å². The van der Waals surface area contributed by atoms with Crippen molar-refractivity contribution in [3.05, 3.63) is 59.7 Å². The topological polar surface area (TPSA) is 96.0 Å². The van der Waals surface area contributed by atoms with E-state index in [0.29, 0.717) is 11.4 Å². The highest BCUT2D eigenvalue weighted by molar-refractivity contribution is 7.92. The number of aryl methyl sites for hydroxylation is 1. The van der Waals surface area contributed by atoms with Crippen LogP contribution in [0.5, 0.6) is 5.75 Å². The van der Waals surface area contributed by atoms with Gasteiger partial charge < -0.3 is 15.0 Å². The maximum atomic E-state index is 13.6. The summed E-state index contributed by atoms with van der Waals surface area (Å²) in [5, 5.41) is 3.06. The minimum atomic E-state index is -3.75. The van der Waals surface area contributed by atoms with Crippen molar-refractivity contribution >= 4 is 27.5 Å². The number of nitrogens with one attached hydrogen (secondary N) is 1. The molecule has 2 aromatic carbocycles. The lowest BCUT2D eigenvalue weighted by molar-refractivity contribution is -0.139. The van der Waals surface area contributed by atoms with E-state index in [2.05, 4.69) is 5.32 Å². The molecule has 8 nitrogen and oxygen atoms in total. The molecule has 2 aromatic rings. The Hall–Kier alpha value is -3.07. The molecule has 1 saturated carbocycles. The zero-order valence-electron chi connectivity index (χ0n) is 20.9. The Morgan fingerprint density at radius 2 is 1.80 bits per heavy atom. The molecule has 3 rings (SSSR count). The minimum Gasteiger partial charge on any atom is -0.497 e. The van der Waals surface area contributed by atoms with Crippen LogP contribution in [0.3, 0.4) is 0 Å². The summed E-state index contributed by atoms with van der Waals surface area (Å²) in [5.74, 6) is -0.0684. The number of anilines is 1. The molecule has 0 aromatic heterocycles. The summed E-state index contributed by atoms with van der Waals surface area (Å²) in [6.07, 6.45) is 5.08. The third kappa shape index (κ3) is 6.97. The van der Waals surface area contributed by atoms with Gasteiger partial charge in [-0.3, -0.25) is 13.9 Å². The Morgan fingerprint density at radius 3 is 2.43 bits per heavy atom. The first kappa shape index (κ1) is 26.5. The summed E-state index contributed by atoms with van der Waals surface area (Å²) in [4.78, 5) is 28.2. The fourth-order valence-corrected chi connectivity index (χ4v) is 5.29. The quantitative estimate of drug-likeness (QED) is 0.539. The van der Waals surface area contributed by atoms with E-state index in [1.165, 1.54) is 4.90 Å². The van der Waals surface area contributed by atoms with E-state index in [1.54, 1.807) is 51.3 Å². The monoisotopic (exact) mass is 501 g/mol. The van der Waals surface area contributed by atoms with Crippen LogP contribution < -0.4 is 14.4 Å². The highest BCUT2D eigenvalue weighted by Crippen LogP contribution is 2.24. The molecule has 0 unspecified atom stereocenters. The zero-order chi connectivity index (χ0) is 25.6. The van der Waals surface area contributed by atoms with Crippen LogP contribution in [-0.4, -0.2) is 57.1 Å². The molecule has 0 bridgehead atoms. The Labute approximate surface area is 208 Å². The Balaban J connectivity index is 1.90. The first-order valence-corrected chi connectivity index (χ1v) is 13.7. The van der Waals surface area contributed by atoms with Crippen molar-refractivity contribution in [1.29, 1.82) is 0 Å². The fraction of sp³-hybridized carbons (Fsp3) is 0.462. The smallest absolute Gasteiger partial charge is 0.244 e. The van der Waals surface area contributed by atoms with Gasteiger partial charge in [-0.2, -0.15) is 0 Å². The number of sulfonamides is 1. The number of rotatable bonds is 10. The second-order valence-corrected chi connectivity index (χ2v) is 11.0. The number of para-hydroxylation sites is 1. The Kier molecular flexibility index (Phi) is 8.77. The molecule has 35 heavy (non-hydrogen) atoms. The summed E-state index contributed by atoms with van der Waals surface area (Å²) in [6.45, 7) is 3.21. The van der Waals surface area contributed by atoms with Gasteiger partial charge in [0.25, 0.3) is 0 Å². The number of amides is 2. The van der Waals surface area contributed by atoms with Gasteiger partial charge in [0.05, 0.1) is 19.1 Å². The van der Waals surface area contributed by atoms with Crippen LogP contribution >= 0.6 is 0 Å². The molecule has 1 aliphatic rings. The summed E-state index contributed by atoms with van der Waals surface area (Å²) in [7, 11) is -2.19. The lowest BCUT2D eigenvalue weighted by Crippen LogP contribution is -2.52. The second-order valence-electron chi connectivity index (χ2n) is 9.10. The number of nitrogens with zero attached hydrogens (tertiary/aromatic N) is 2. The number of benzene rings is 2. The average molecular weight is 502 g/mol. The Morgan fingerprint density at radius 1 is 1.11 bits per heavy atom. The van der Waals surface area contributed by atoms with E-state index in [-0.39, 0.29) is 18.5 Å². The molecular formula is C26H35N3O5S. The maximum Gasteiger partial charge on any atom is 0.244 e. The molecular weight excluding hydrogens is 466 g/mol. The van der Waals surface area contributed by atoms with Gasteiger partial charge in [0.1, 0.15) is 18.3 Å². The van der Waals surface area contributed by atoms with Crippen molar-refractivity contribution in [2.75, 3.05) is 24.2 Å². The molecule has 190 valence electrons. The molecule has 0 radical (unpaired) electrons. The maximum absolute atomic E-state index is 13.6. The van der Waals surface area contributed by atoms with Crippen LogP contribution in [0, 0.1) is 6.92 Å². The number of ether oxygens (including phenoxy) is 1. The second kappa shape index (κ2) is 11.6. The van der Waals surface area contributed by atoms with Crippen LogP contribution in [0.15, 0.2) is 48.5 Å². The molecule has 1 N–H and O–H groups in total. The molecule has 0 heterocycles. The van der Waals surface area contributed by atoms with E-state index < -0.39 is 28.5 Å². The first-order chi connectivity index (χ1) is 16.6. The van der Waals surface area contributed by atoms with Crippen LogP contribution in [0.25, 0.3) is 0 Å². The summed E-state index contributed by atoms with van der Waals surface area (Å²) in [6, 6.07) is 13.6. The third-order valence-electron chi connectivity index (χ3n) is 6.42. The minimum absolute atomic E-state index is 0.109. The molecule has 1 aliphatic carbocycles. The first-order valence-electron chi connectivity index (χ1n) is 11.9. The molecule has 0 saturated heterocycles. The summed E-state index contributed by atoms with van der Waals surface area (Å²) < 4.78 is 31.8. The molecule has 9 heteroatoms. The molecule has 1 fully saturated rings. The SMILES string of the molecule is COc1cccc(CN(C(=O)CN(c2ccccc2C)S(C)(=O)=O)[C@H](C)C(=O)NC2CCCC2)c1. The number of carbonyl (C=O) groups excluding carboxylic acids is 2. The van der Waals surface area contributed by atoms with Crippen molar-refractivity contribution in [1.82, 2.24) is 10.2 Å². The van der Waals surface area contributed by atoms with Crippen LogP contribution in [0.1, 0.15) is 43.7 Å². The van der Waals surface area contributed by atoms with E-state index in [0.717, 1.165) is 47.4 Å². The van der Waals surface area contributed by atoms with E-state index in [9.17, 15) is 18.0 Å². The largest absolute Gasteiger partial charge is 0.497 e. The third-order valence-corrected chi connectivity index (χ3v) is 7.55. The lowest BCUT2D eigenvalue weighted by atomic mass is 10.1. The number of carbonyl (C=O) groups is 2. The standard InChI is InChI=1S/C26H35N3O5S/c1-19-10-5-8-15-24(19)29(35(4,32)33)18-25(30)28(17-21-11-9-14-23(16-21)34-3)20(2)26(31)27-22-12-6-7-13-22/h5,8-11,14-16,20,22H,6-7,12-13,17-18H2,1-4H3,(H,27,31)/t20-/m1/s1. The van der Waals surface area contributed by atoms with Gasteiger partial charge >= 0.3 is 0 Å². The predicted octanol–water partition coefficient (Wildman–Crippen LogP) is 3.25. The molecule has 0 aliphatic heterocycles. The Bertz CT molecular complexity index is 1150. The van der Waals surface area contributed by atoms with Crippen LogP contribution in [-0.2, 0) is 26.2 Å². The molecule has 0 spiro atoms. The predicted molar refractivity (Wildman–Crippen MR) is 137 cm³/mol. The summed E-state index contributed by atoms with van der Waals surface area (Å²) >= 11 is 0. The highest BCUT2D eigenvalue weighted by atomic mass is 32.2. The van der Waals surface area contributed by atoms with Crippen molar-refractivity contribution in [2.24, 2.45) is 0 Å². The van der Waals surface area contributed by atoms with Crippen molar-refractivity contribution in [2.45, 2.75) is 58.2 Å². The van der Waals surface area contributed by atoms with Gasteiger partial charge in [-0.05, 0) is 56.0 Å². The summed E-state index contributed by atoms with van der Waals surface area (Å²) in [5.41, 5.74) is 1.95. The van der Waals surface area contributed by atoms with Crippen molar-refractivity contribution < 1.29 is 22.7 Å². The van der Waals surface area contributed by atoms with Gasteiger partial charge in [-0.25, -0.2) is 8.42 Å². The van der Waals surface area contributed by atoms with E-state index in [1.807, 2.05) is 18.2 Å². The van der Waals surface area contributed by atoms with Crippen LogP contribution in [0.2, 0.25) is 0 Å². The highest BCUT2D eigenvalue weighted by Gasteiger charge is 2.31. The average Bonchev–Trinajstić information content (AvgIpc) is 3.33. The van der Waals surface area contributed by atoms with Crippen molar-refractivity contribution in [3.63, 3.8) is 0 Å². The lowest BCUT2D eigenvalue weighted by Gasteiger charge is -2.32. The molecule has 1 atom stereocenters. The van der Waals surface area contributed by atoms with Gasteiger partial charge in [-0.15, -0.1) is 0 Å². The zero-order valence-corrected chi connectivity index (χ0v) is 21.7. The molecule has 2 amide bonds. The number of methoxy groups -OCH3 is 1. The normalized spacial score (nSPS) is 14.9. The van der Waals surface area contributed by atoms with Gasteiger partial charge in [0.2, 0.25) is 21.8 Å². The van der Waals surface area contributed by atoms with Crippen LogP contribution in [0.4, 0.5) is 5.69 Å². The number of hydrogen-bond acceptors (Lipinski definition) is 5. The fourth-order valence-electron chi connectivity index (χ4n) is 4.38. The van der Waals surface area contributed by atoms with E-state index in [4.69, 9.17) is 4.74 Å². The van der Waals surface area contributed by atoms with Gasteiger partial charge in [0.15, 0.2) is 0 Å². The van der Waals surface area contributed by atoms with Gasteiger partial charge in [-0.1, -0.05) is 43.2 Å². The van der Waals surface area contributed by atoms with Crippen molar-refractivity contribution in [3.8, 4) is 5.75 Å². The van der Waals surface area contributed by atoms with E-state index >= 15 is 0 Å².